The van der Waals surface area contributed by atoms with Gasteiger partial charge in [-0.3, -0.25) is 0 Å². The molecule has 14 heavy (non-hydrogen) atoms. The average molecular weight is 230 g/mol. The van der Waals surface area contributed by atoms with Crippen molar-refractivity contribution in [1.82, 2.24) is 0 Å². The van der Waals surface area contributed by atoms with Crippen molar-refractivity contribution in [3.63, 3.8) is 0 Å². The minimum Gasteiger partial charge on any atom is -0.323 e. The van der Waals surface area contributed by atoms with E-state index in [1.54, 1.807) is 11.3 Å². The normalized spacial score (nSPS) is 21.0. The summed E-state index contributed by atoms with van der Waals surface area (Å²) < 4.78 is 0. The van der Waals surface area contributed by atoms with Crippen molar-refractivity contribution in [2.24, 2.45) is 11.7 Å². The minimum absolute atomic E-state index is 0.169. The van der Waals surface area contributed by atoms with Gasteiger partial charge in [-0.05, 0) is 30.2 Å². The molecular weight excluding hydrogens is 214 g/mol. The van der Waals surface area contributed by atoms with Gasteiger partial charge < -0.3 is 5.73 Å². The fraction of sp³-hybridized carbons (Fsp3) is 0.636. The van der Waals surface area contributed by atoms with Crippen LogP contribution >= 0.6 is 22.9 Å². The lowest BCUT2D eigenvalue weighted by Crippen LogP contribution is -2.22. The van der Waals surface area contributed by atoms with E-state index < -0.39 is 0 Å². The zero-order valence-corrected chi connectivity index (χ0v) is 9.78. The van der Waals surface area contributed by atoms with Crippen molar-refractivity contribution in [2.45, 2.75) is 38.1 Å². The van der Waals surface area contributed by atoms with E-state index in [9.17, 15) is 0 Å². The predicted octanol–water partition coefficient (Wildman–Crippen LogP) is 3.98. The maximum absolute atomic E-state index is 6.24. The third-order valence-electron chi connectivity index (χ3n) is 3.11. The second-order valence-corrected chi connectivity index (χ2v) is 5.41. The summed E-state index contributed by atoms with van der Waals surface area (Å²) in [7, 11) is 0. The monoisotopic (exact) mass is 229 g/mol. The third kappa shape index (κ3) is 2.13. The van der Waals surface area contributed by atoms with Crippen molar-refractivity contribution in [1.29, 1.82) is 0 Å². The molecule has 0 bridgehead atoms. The summed E-state index contributed by atoms with van der Waals surface area (Å²) in [5.41, 5.74) is 6.24. The van der Waals surface area contributed by atoms with Gasteiger partial charge in [-0.15, -0.1) is 11.3 Å². The van der Waals surface area contributed by atoms with Crippen LogP contribution in [0.2, 0.25) is 5.02 Å². The number of hydrogen-bond donors (Lipinski definition) is 1. The van der Waals surface area contributed by atoms with Crippen LogP contribution < -0.4 is 5.73 Å². The Labute approximate surface area is 94.3 Å². The molecule has 0 aromatic carbocycles. The molecule has 1 nitrogen and oxygen atoms in total. The first-order valence-electron chi connectivity index (χ1n) is 5.27. The molecule has 1 fully saturated rings. The van der Waals surface area contributed by atoms with E-state index in [4.69, 9.17) is 17.3 Å². The number of hydrogen-bond acceptors (Lipinski definition) is 2. The molecule has 1 aromatic rings. The molecule has 2 N–H and O–H groups in total. The summed E-state index contributed by atoms with van der Waals surface area (Å²) in [6.45, 7) is 0. The lowest BCUT2D eigenvalue weighted by atomic mass is 9.84. The van der Waals surface area contributed by atoms with Crippen LogP contribution in [0.25, 0.3) is 0 Å². The fourth-order valence-corrected chi connectivity index (χ4v) is 3.53. The lowest BCUT2D eigenvalue weighted by molar-refractivity contribution is 0.311. The van der Waals surface area contributed by atoms with Gasteiger partial charge in [-0.1, -0.05) is 30.9 Å². The smallest absolute Gasteiger partial charge is 0.0561 e. The van der Waals surface area contributed by atoms with Crippen LogP contribution in [0.5, 0.6) is 0 Å². The standard InChI is InChI=1S/C11H16ClNS/c12-9-6-7-14-11(9)10(13)8-4-2-1-3-5-8/h6-8,10H,1-5,13H2/t10-/m1/s1. The van der Waals surface area contributed by atoms with Gasteiger partial charge in [0.15, 0.2) is 0 Å². The van der Waals surface area contributed by atoms with Crippen molar-refractivity contribution in [2.75, 3.05) is 0 Å². The van der Waals surface area contributed by atoms with Gasteiger partial charge in [0, 0.05) is 10.9 Å². The molecule has 3 heteroatoms. The molecule has 0 radical (unpaired) electrons. The van der Waals surface area contributed by atoms with Gasteiger partial charge in [-0.2, -0.15) is 0 Å². The Kier molecular flexibility index (Phi) is 3.47. The molecule has 0 spiro atoms. The highest BCUT2D eigenvalue weighted by molar-refractivity contribution is 7.10. The molecule has 0 amide bonds. The topological polar surface area (TPSA) is 26.0 Å². The predicted molar refractivity (Wildman–Crippen MR) is 62.8 cm³/mol. The van der Waals surface area contributed by atoms with Crippen LogP contribution in [0.15, 0.2) is 11.4 Å². The molecule has 1 aliphatic carbocycles. The molecule has 2 rings (SSSR count). The van der Waals surface area contributed by atoms with E-state index in [0.29, 0.717) is 5.92 Å². The zero-order valence-electron chi connectivity index (χ0n) is 8.21. The van der Waals surface area contributed by atoms with Crippen LogP contribution in [-0.2, 0) is 0 Å². The third-order valence-corrected chi connectivity index (χ3v) is 4.57. The van der Waals surface area contributed by atoms with Crippen molar-refractivity contribution in [3.05, 3.63) is 21.3 Å². The first-order chi connectivity index (χ1) is 6.79. The van der Waals surface area contributed by atoms with Gasteiger partial charge in [0.1, 0.15) is 0 Å². The number of nitrogens with two attached hydrogens (primary N) is 1. The Bertz CT molecular complexity index is 291. The molecule has 1 aromatic heterocycles. The van der Waals surface area contributed by atoms with Crippen molar-refractivity contribution in [3.8, 4) is 0 Å². The highest BCUT2D eigenvalue weighted by atomic mass is 35.5. The average Bonchev–Trinajstić information content (AvgIpc) is 2.65. The van der Waals surface area contributed by atoms with Gasteiger partial charge in [0.05, 0.1) is 5.02 Å². The van der Waals surface area contributed by atoms with Crippen LogP contribution in [0, 0.1) is 5.92 Å². The highest BCUT2D eigenvalue weighted by Crippen LogP contribution is 2.37. The van der Waals surface area contributed by atoms with Gasteiger partial charge in [0.2, 0.25) is 0 Å². The molecular formula is C11H16ClNS. The largest absolute Gasteiger partial charge is 0.323 e. The van der Waals surface area contributed by atoms with Crippen LogP contribution in [-0.4, -0.2) is 0 Å². The van der Waals surface area contributed by atoms with E-state index in [-0.39, 0.29) is 6.04 Å². The molecule has 1 atom stereocenters. The second kappa shape index (κ2) is 4.65. The molecule has 1 saturated carbocycles. The summed E-state index contributed by atoms with van der Waals surface area (Å²) in [5, 5.41) is 2.88. The first kappa shape index (κ1) is 10.5. The van der Waals surface area contributed by atoms with E-state index in [1.807, 2.05) is 11.4 Å². The summed E-state index contributed by atoms with van der Waals surface area (Å²) in [5.74, 6) is 0.653. The Morgan fingerprint density at radius 2 is 2.07 bits per heavy atom. The summed E-state index contributed by atoms with van der Waals surface area (Å²) >= 11 is 7.78. The Hall–Kier alpha value is -0.0500. The van der Waals surface area contributed by atoms with Gasteiger partial charge >= 0.3 is 0 Å². The lowest BCUT2D eigenvalue weighted by Gasteiger charge is -2.26. The highest BCUT2D eigenvalue weighted by Gasteiger charge is 2.23. The Morgan fingerprint density at radius 1 is 1.36 bits per heavy atom. The molecule has 0 unspecified atom stereocenters. The number of thiophene rings is 1. The molecule has 78 valence electrons. The van der Waals surface area contributed by atoms with Crippen LogP contribution in [0.1, 0.15) is 43.0 Å². The maximum atomic E-state index is 6.24. The van der Waals surface area contributed by atoms with Gasteiger partial charge in [-0.25, -0.2) is 0 Å². The quantitative estimate of drug-likeness (QED) is 0.816. The SMILES string of the molecule is N[C@@H](c1sccc1Cl)C1CCCCC1. The molecule has 0 aliphatic heterocycles. The van der Waals surface area contributed by atoms with E-state index in [2.05, 4.69) is 0 Å². The maximum Gasteiger partial charge on any atom is 0.0561 e. The molecule has 1 heterocycles. The second-order valence-electron chi connectivity index (χ2n) is 4.06. The Balaban J connectivity index is 2.07. The molecule has 0 saturated heterocycles. The summed E-state index contributed by atoms with van der Waals surface area (Å²) in [4.78, 5) is 1.18. The summed E-state index contributed by atoms with van der Waals surface area (Å²) in [6.07, 6.45) is 6.59. The van der Waals surface area contributed by atoms with Crippen LogP contribution in [0.3, 0.4) is 0 Å². The molecule has 1 aliphatic rings. The zero-order chi connectivity index (χ0) is 9.97. The van der Waals surface area contributed by atoms with E-state index >= 15 is 0 Å². The number of halogens is 1. The van der Waals surface area contributed by atoms with Gasteiger partial charge in [0.25, 0.3) is 0 Å². The number of rotatable bonds is 2. The Morgan fingerprint density at radius 3 is 2.64 bits per heavy atom. The van der Waals surface area contributed by atoms with Crippen LogP contribution in [0.4, 0.5) is 0 Å². The summed E-state index contributed by atoms with van der Waals surface area (Å²) in [6, 6.07) is 2.12. The van der Waals surface area contributed by atoms with E-state index in [1.165, 1.54) is 37.0 Å². The van der Waals surface area contributed by atoms with E-state index in [0.717, 1.165) is 5.02 Å². The fourth-order valence-electron chi connectivity index (χ4n) is 2.25. The van der Waals surface area contributed by atoms with Crippen molar-refractivity contribution >= 4 is 22.9 Å². The minimum atomic E-state index is 0.169. The van der Waals surface area contributed by atoms with Crippen molar-refractivity contribution < 1.29 is 0 Å². The first-order valence-corrected chi connectivity index (χ1v) is 6.53.